The number of benzene rings is 1. The van der Waals surface area contributed by atoms with E-state index < -0.39 is 0 Å². The maximum absolute atomic E-state index is 8.70. The zero-order valence-electron chi connectivity index (χ0n) is 12.2. The Morgan fingerprint density at radius 3 is 2.78 bits per heavy atom. The van der Waals surface area contributed by atoms with Gasteiger partial charge in [0.1, 0.15) is 24.1 Å². The maximum Gasteiger partial charge on any atom is 0.169 e. The molecule has 2 aromatic heterocycles. The maximum atomic E-state index is 8.70. The normalized spacial score (nSPS) is 10.0. The minimum Gasteiger partial charge on any atom is -0.486 e. The second-order valence-electron chi connectivity index (χ2n) is 4.70. The third kappa shape index (κ3) is 4.04. The molecule has 114 valence electrons. The molecule has 0 saturated heterocycles. The highest BCUT2D eigenvalue weighted by atomic mass is 16.5. The number of nitrogens with zero attached hydrogens (tertiary/aromatic N) is 4. The summed E-state index contributed by atoms with van der Waals surface area (Å²) in [6.07, 6.45) is 1.60. The first-order chi connectivity index (χ1) is 11.3. The van der Waals surface area contributed by atoms with Gasteiger partial charge in [-0.05, 0) is 24.3 Å². The first kappa shape index (κ1) is 14.5. The molecule has 0 radical (unpaired) electrons. The lowest BCUT2D eigenvalue weighted by Gasteiger charge is -2.03. The van der Waals surface area contributed by atoms with Crippen LogP contribution in [-0.4, -0.2) is 20.2 Å². The van der Waals surface area contributed by atoms with Crippen molar-refractivity contribution in [2.45, 2.75) is 13.2 Å². The summed E-state index contributed by atoms with van der Waals surface area (Å²) in [7, 11) is 0. The summed E-state index contributed by atoms with van der Waals surface area (Å²) in [5.41, 5.74) is 1.18. The molecule has 0 aliphatic rings. The van der Waals surface area contributed by atoms with Gasteiger partial charge >= 0.3 is 0 Å². The van der Waals surface area contributed by atoms with Gasteiger partial charge in [0.15, 0.2) is 11.6 Å². The fourth-order valence-electron chi connectivity index (χ4n) is 1.89. The van der Waals surface area contributed by atoms with Crippen molar-refractivity contribution in [2.75, 3.05) is 5.32 Å². The predicted molar refractivity (Wildman–Crippen MR) is 83.4 cm³/mol. The minimum absolute atomic E-state index is 0.329. The van der Waals surface area contributed by atoms with Crippen molar-refractivity contribution in [2.24, 2.45) is 0 Å². The predicted octanol–water partition coefficient (Wildman–Crippen LogP) is 2.26. The molecule has 0 aliphatic carbocycles. The fraction of sp³-hybridized carbons (Fsp3) is 0.125. The van der Waals surface area contributed by atoms with Crippen LogP contribution in [0.2, 0.25) is 0 Å². The van der Waals surface area contributed by atoms with Gasteiger partial charge in [-0.1, -0.05) is 18.2 Å². The molecule has 3 aromatic rings. The minimum atomic E-state index is 0.329. The van der Waals surface area contributed by atoms with Crippen LogP contribution in [0.4, 0.5) is 5.69 Å². The van der Waals surface area contributed by atoms with E-state index in [-0.39, 0.29) is 0 Å². The molecular weight excluding hydrogens is 292 g/mol. The lowest BCUT2D eigenvalue weighted by molar-refractivity contribution is 0.296. The zero-order valence-corrected chi connectivity index (χ0v) is 12.2. The number of H-pyrrole nitrogens is 1. The summed E-state index contributed by atoms with van der Waals surface area (Å²) in [5, 5.41) is 18.8. The molecule has 0 aliphatic heterocycles. The lowest BCUT2D eigenvalue weighted by atomic mass is 10.3. The van der Waals surface area contributed by atoms with Crippen molar-refractivity contribution in [3.63, 3.8) is 0 Å². The topological polar surface area (TPSA) is 99.5 Å². The van der Waals surface area contributed by atoms with Crippen LogP contribution in [0.1, 0.15) is 17.3 Å². The highest BCUT2D eigenvalue weighted by Gasteiger charge is 2.04. The second kappa shape index (κ2) is 7.04. The van der Waals surface area contributed by atoms with Crippen LogP contribution < -0.4 is 10.1 Å². The number of nitrogens with one attached hydrogen (secondary N) is 2. The van der Waals surface area contributed by atoms with Crippen LogP contribution in [0.3, 0.4) is 0 Å². The number of aromatic nitrogens is 4. The van der Waals surface area contributed by atoms with Gasteiger partial charge < -0.3 is 10.1 Å². The highest BCUT2D eigenvalue weighted by molar-refractivity contribution is 5.42. The Balaban J connectivity index is 1.51. The molecule has 2 N–H and O–H groups in total. The van der Waals surface area contributed by atoms with Crippen molar-refractivity contribution in [1.82, 2.24) is 20.2 Å². The Hall–Kier alpha value is -3.40. The largest absolute Gasteiger partial charge is 0.486 e. The van der Waals surface area contributed by atoms with Crippen LogP contribution in [-0.2, 0) is 13.2 Å². The Bertz CT molecular complexity index is 791. The molecule has 0 amide bonds. The van der Waals surface area contributed by atoms with E-state index in [1.54, 1.807) is 18.3 Å². The van der Waals surface area contributed by atoms with Crippen LogP contribution in [0.15, 0.2) is 48.7 Å². The SMILES string of the molecule is N#Cc1ccc(NCc2n[nH]c(COc3ccccc3)n2)cn1. The molecule has 3 rings (SSSR count). The van der Waals surface area contributed by atoms with Gasteiger partial charge in [0, 0.05) is 0 Å². The number of pyridine rings is 1. The van der Waals surface area contributed by atoms with Crippen molar-refractivity contribution < 1.29 is 4.74 Å². The van der Waals surface area contributed by atoms with Crippen molar-refractivity contribution >= 4 is 5.69 Å². The molecule has 0 bridgehead atoms. The molecule has 0 atom stereocenters. The number of nitriles is 1. The van der Waals surface area contributed by atoms with E-state index in [1.165, 1.54) is 0 Å². The summed E-state index contributed by atoms with van der Waals surface area (Å²) < 4.78 is 5.60. The summed E-state index contributed by atoms with van der Waals surface area (Å²) in [5.74, 6) is 2.07. The molecule has 2 heterocycles. The molecule has 23 heavy (non-hydrogen) atoms. The standard InChI is InChI=1S/C16H14N6O/c17-8-12-6-7-13(9-18-12)19-10-15-20-16(22-21-15)11-23-14-4-2-1-3-5-14/h1-7,9,19H,10-11H2,(H,20,21,22). The van der Waals surface area contributed by atoms with Gasteiger partial charge in [0.05, 0.1) is 18.4 Å². The van der Waals surface area contributed by atoms with Gasteiger partial charge in [-0.3, -0.25) is 5.10 Å². The Labute approximate surface area is 133 Å². The number of ether oxygens (including phenoxy) is 1. The van der Waals surface area contributed by atoms with Crippen LogP contribution >= 0.6 is 0 Å². The summed E-state index contributed by atoms with van der Waals surface area (Å²) in [6.45, 7) is 0.783. The monoisotopic (exact) mass is 306 g/mol. The Kier molecular flexibility index (Phi) is 4.45. The summed E-state index contributed by atoms with van der Waals surface area (Å²) in [4.78, 5) is 8.33. The fourth-order valence-corrected chi connectivity index (χ4v) is 1.89. The molecule has 7 nitrogen and oxygen atoms in total. The molecule has 1 aromatic carbocycles. The van der Waals surface area contributed by atoms with Gasteiger partial charge in [-0.15, -0.1) is 0 Å². The van der Waals surface area contributed by atoms with Crippen molar-refractivity contribution in [1.29, 1.82) is 5.26 Å². The van der Waals surface area contributed by atoms with Crippen molar-refractivity contribution in [3.8, 4) is 11.8 Å². The van der Waals surface area contributed by atoms with E-state index >= 15 is 0 Å². The van der Waals surface area contributed by atoms with Gasteiger partial charge in [-0.25, -0.2) is 9.97 Å². The Morgan fingerprint density at radius 2 is 2.04 bits per heavy atom. The average Bonchev–Trinajstić information content (AvgIpc) is 3.07. The van der Waals surface area contributed by atoms with E-state index in [9.17, 15) is 0 Å². The quantitative estimate of drug-likeness (QED) is 0.724. The third-order valence-electron chi connectivity index (χ3n) is 3.03. The first-order valence-electron chi connectivity index (χ1n) is 7.01. The highest BCUT2D eigenvalue weighted by Crippen LogP contribution is 2.10. The van der Waals surface area contributed by atoms with E-state index in [0.717, 1.165) is 11.4 Å². The Morgan fingerprint density at radius 1 is 1.17 bits per heavy atom. The second-order valence-corrected chi connectivity index (χ2v) is 4.70. The van der Waals surface area contributed by atoms with Gasteiger partial charge in [0.25, 0.3) is 0 Å². The van der Waals surface area contributed by atoms with Crippen molar-refractivity contribution in [3.05, 3.63) is 66.0 Å². The molecule has 0 saturated carbocycles. The molecule has 0 spiro atoms. The van der Waals surface area contributed by atoms with Crippen LogP contribution in [0.5, 0.6) is 5.75 Å². The van der Waals surface area contributed by atoms with Crippen LogP contribution in [0.25, 0.3) is 0 Å². The summed E-state index contributed by atoms with van der Waals surface area (Å²) in [6, 6.07) is 14.9. The number of para-hydroxylation sites is 1. The number of hydrogen-bond donors (Lipinski definition) is 2. The number of rotatable bonds is 6. The lowest BCUT2D eigenvalue weighted by Crippen LogP contribution is -2.02. The number of aromatic amines is 1. The molecule has 0 unspecified atom stereocenters. The van der Waals surface area contributed by atoms with E-state index in [0.29, 0.717) is 30.5 Å². The molecule has 0 fully saturated rings. The average molecular weight is 306 g/mol. The van der Waals surface area contributed by atoms with Gasteiger partial charge in [-0.2, -0.15) is 10.4 Å². The third-order valence-corrected chi connectivity index (χ3v) is 3.03. The summed E-state index contributed by atoms with van der Waals surface area (Å²) >= 11 is 0. The zero-order chi connectivity index (χ0) is 15.9. The van der Waals surface area contributed by atoms with E-state index in [1.807, 2.05) is 36.4 Å². The van der Waals surface area contributed by atoms with E-state index in [4.69, 9.17) is 10.00 Å². The molecule has 7 heteroatoms. The van der Waals surface area contributed by atoms with E-state index in [2.05, 4.69) is 25.5 Å². The number of hydrogen-bond acceptors (Lipinski definition) is 6. The first-order valence-corrected chi connectivity index (χ1v) is 7.01. The number of anilines is 1. The van der Waals surface area contributed by atoms with Gasteiger partial charge in [0.2, 0.25) is 0 Å². The van der Waals surface area contributed by atoms with Crippen LogP contribution in [0, 0.1) is 11.3 Å². The molecular formula is C16H14N6O. The smallest absolute Gasteiger partial charge is 0.169 e.